The first-order valence-corrected chi connectivity index (χ1v) is 27.9. The van der Waals surface area contributed by atoms with Crippen molar-refractivity contribution in [3.63, 3.8) is 0 Å². The lowest BCUT2D eigenvalue weighted by Crippen LogP contribution is -2.37. The number of allylic oxidation sites excluding steroid dienone is 8. The Morgan fingerprint density at radius 2 is 0.891 bits per heavy atom. The number of carbonyl (C=O) groups is 2. The molecule has 0 spiro atoms. The molecular formula is C54H101NO8P+. The highest BCUT2D eigenvalue weighted by atomic mass is 31.2. The molecule has 0 heterocycles. The fourth-order valence-electron chi connectivity index (χ4n) is 7.30. The molecule has 0 aliphatic rings. The van der Waals surface area contributed by atoms with Gasteiger partial charge in [-0.15, -0.1) is 0 Å². The van der Waals surface area contributed by atoms with Gasteiger partial charge in [0.2, 0.25) is 0 Å². The summed E-state index contributed by atoms with van der Waals surface area (Å²) >= 11 is 0. The number of likely N-dealkylation sites (N-methyl/N-ethyl adjacent to an activating group) is 1. The average molecular weight is 923 g/mol. The molecule has 1 N–H and O–H groups in total. The fraction of sp³-hybridized carbons (Fsp3) is 0.815. The van der Waals surface area contributed by atoms with Crippen molar-refractivity contribution in [3.05, 3.63) is 48.6 Å². The van der Waals surface area contributed by atoms with Gasteiger partial charge in [0.25, 0.3) is 0 Å². The number of unbranched alkanes of at least 4 members (excludes halogenated alkanes) is 26. The molecular weight excluding hydrogens is 822 g/mol. The van der Waals surface area contributed by atoms with Gasteiger partial charge in [0, 0.05) is 12.8 Å². The molecule has 64 heavy (non-hydrogen) atoms. The third kappa shape index (κ3) is 49.4. The van der Waals surface area contributed by atoms with Crippen LogP contribution < -0.4 is 0 Å². The molecule has 9 nitrogen and oxygen atoms in total. The van der Waals surface area contributed by atoms with Gasteiger partial charge in [0.05, 0.1) is 27.7 Å². The molecule has 2 unspecified atom stereocenters. The number of hydrogen-bond donors (Lipinski definition) is 1. The number of nitrogens with zero attached hydrogens (tertiary/aromatic N) is 1. The Morgan fingerprint density at radius 3 is 1.33 bits per heavy atom. The summed E-state index contributed by atoms with van der Waals surface area (Å²) in [6.07, 6.45) is 56.1. The third-order valence-corrected chi connectivity index (χ3v) is 12.4. The van der Waals surface area contributed by atoms with E-state index in [9.17, 15) is 19.0 Å². The second-order valence-electron chi connectivity index (χ2n) is 18.9. The molecule has 10 heteroatoms. The minimum atomic E-state index is -4.37. The van der Waals surface area contributed by atoms with Gasteiger partial charge in [-0.1, -0.05) is 217 Å². The molecule has 0 aromatic carbocycles. The van der Waals surface area contributed by atoms with Crippen molar-refractivity contribution in [1.29, 1.82) is 0 Å². The zero-order chi connectivity index (χ0) is 47.1. The molecule has 0 aromatic heterocycles. The van der Waals surface area contributed by atoms with Crippen LogP contribution in [0.5, 0.6) is 0 Å². The highest BCUT2D eigenvalue weighted by Crippen LogP contribution is 2.43. The van der Waals surface area contributed by atoms with E-state index in [0.29, 0.717) is 23.9 Å². The first-order chi connectivity index (χ1) is 31.0. The Labute approximate surface area is 394 Å². The van der Waals surface area contributed by atoms with E-state index in [4.69, 9.17) is 18.5 Å². The quantitative estimate of drug-likeness (QED) is 0.0211. The van der Waals surface area contributed by atoms with E-state index in [1.165, 1.54) is 141 Å². The number of hydrogen-bond acceptors (Lipinski definition) is 7. The van der Waals surface area contributed by atoms with E-state index >= 15 is 0 Å². The highest BCUT2D eigenvalue weighted by molar-refractivity contribution is 7.47. The largest absolute Gasteiger partial charge is 0.472 e. The van der Waals surface area contributed by atoms with E-state index in [-0.39, 0.29) is 25.6 Å². The maximum Gasteiger partial charge on any atom is 0.472 e. The summed E-state index contributed by atoms with van der Waals surface area (Å²) in [5.41, 5.74) is 0. The lowest BCUT2D eigenvalue weighted by atomic mass is 10.0. The summed E-state index contributed by atoms with van der Waals surface area (Å²) in [5.74, 6) is -0.791. The van der Waals surface area contributed by atoms with E-state index in [1.54, 1.807) is 0 Å². The van der Waals surface area contributed by atoms with Crippen molar-refractivity contribution in [3.8, 4) is 0 Å². The van der Waals surface area contributed by atoms with Gasteiger partial charge in [0.15, 0.2) is 6.10 Å². The molecule has 0 saturated heterocycles. The SMILES string of the molecule is CC/C=C\C/C=C\C/C=C\C/C=C\CCCCCCCCCCCCCCCCCCC(=O)OC(COC(=O)CCCCCCCCCCCCC)COP(=O)(O)OCC[N+](C)(C)C. The minimum Gasteiger partial charge on any atom is -0.462 e. The van der Waals surface area contributed by atoms with E-state index in [1.807, 2.05) is 21.1 Å². The number of ether oxygens (including phenoxy) is 2. The maximum atomic E-state index is 12.8. The molecule has 0 aliphatic carbocycles. The van der Waals surface area contributed by atoms with Gasteiger partial charge in [-0.25, -0.2) is 4.57 Å². The second kappa shape index (κ2) is 46.1. The molecule has 0 rings (SSSR count). The molecule has 0 aromatic rings. The van der Waals surface area contributed by atoms with Gasteiger partial charge in [-0.3, -0.25) is 18.6 Å². The zero-order valence-corrected chi connectivity index (χ0v) is 43.2. The van der Waals surface area contributed by atoms with Crippen molar-refractivity contribution < 1.29 is 42.1 Å². The second-order valence-corrected chi connectivity index (χ2v) is 20.3. The Balaban J connectivity index is 4.07. The number of carbonyl (C=O) groups excluding carboxylic acids is 2. The number of rotatable bonds is 48. The smallest absolute Gasteiger partial charge is 0.462 e. The molecule has 0 amide bonds. The summed E-state index contributed by atoms with van der Waals surface area (Å²) in [4.78, 5) is 35.5. The molecule has 0 radical (unpaired) electrons. The summed E-state index contributed by atoms with van der Waals surface area (Å²) in [5, 5.41) is 0. The zero-order valence-electron chi connectivity index (χ0n) is 42.3. The van der Waals surface area contributed by atoms with E-state index in [2.05, 4.69) is 62.5 Å². The monoisotopic (exact) mass is 923 g/mol. The van der Waals surface area contributed by atoms with Crippen LogP contribution in [0.1, 0.15) is 232 Å². The molecule has 0 saturated carbocycles. The predicted octanol–water partition coefficient (Wildman–Crippen LogP) is 15.8. The van der Waals surface area contributed by atoms with Gasteiger partial charge < -0.3 is 18.9 Å². The lowest BCUT2D eigenvalue weighted by molar-refractivity contribution is -0.870. The van der Waals surface area contributed by atoms with Crippen LogP contribution in [0.25, 0.3) is 0 Å². The van der Waals surface area contributed by atoms with E-state index < -0.39 is 26.5 Å². The maximum absolute atomic E-state index is 12.8. The molecule has 374 valence electrons. The van der Waals surface area contributed by atoms with Crippen molar-refractivity contribution in [1.82, 2.24) is 0 Å². The Kier molecular flexibility index (Phi) is 44.6. The first kappa shape index (κ1) is 62.0. The Bertz CT molecular complexity index is 1230. The number of phosphoric ester groups is 1. The Morgan fingerprint density at radius 1 is 0.500 bits per heavy atom. The molecule has 2 atom stereocenters. The van der Waals surface area contributed by atoms with Crippen LogP contribution >= 0.6 is 7.82 Å². The van der Waals surface area contributed by atoms with Crippen LogP contribution in [-0.4, -0.2) is 74.9 Å². The minimum absolute atomic E-state index is 0.0330. The van der Waals surface area contributed by atoms with Crippen LogP contribution in [0.4, 0.5) is 0 Å². The van der Waals surface area contributed by atoms with Gasteiger partial charge >= 0.3 is 19.8 Å². The summed E-state index contributed by atoms with van der Waals surface area (Å²) in [6.45, 7) is 4.33. The van der Waals surface area contributed by atoms with Gasteiger partial charge in [-0.2, -0.15) is 0 Å². The standard InChI is InChI=1S/C54H100NO8P/c1-6-8-10-12-14-16-18-19-20-21-22-23-24-25-26-27-28-29-30-31-32-33-34-35-37-39-41-43-45-47-54(57)63-52(51-62-64(58,59)61-49-48-55(3,4)5)50-60-53(56)46-44-42-40-38-36-17-15-13-11-9-7-2/h8,10,14,16,19-20,22-23,52H,6-7,9,11-13,15,17-18,21,24-51H2,1-5H3/p+1/b10-8-,16-14-,20-19-,23-22-. The highest BCUT2D eigenvalue weighted by Gasteiger charge is 2.27. The molecule has 0 aliphatic heterocycles. The van der Waals surface area contributed by atoms with Crippen LogP contribution in [0.3, 0.4) is 0 Å². The number of quaternary nitrogens is 1. The van der Waals surface area contributed by atoms with Crippen LogP contribution in [0.15, 0.2) is 48.6 Å². The first-order valence-electron chi connectivity index (χ1n) is 26.4. The van der Waals surface area contributed by atoms with Gasteiger partial charge in [0.1, 0.15) is 19.8 Å². The van der Waals surface area contributed by atoms with Gasteiger partial charge in [-0.05, 0) is 51.4 Å². The number of phosphoric acid groups is 1. The summed E-state index contributed by atoms with van der Waals surface area (Å²) < 4.78 is 34.4. The van der Waals surface area contributed by atoms with Crippen LogP contribution in [0, 0.1) is 0 Å². The van der Waals surface area contributed by atoms with Crippen molar-refractivity contribution in [2.45, 2.75) is 238 Å². The van der Waals surface area contributed by atoms with Crippen molar-refractivity contribution in [2.75, 3.05) is 47.5 Å². The summed E-state index contributed by atoms with van der Waals surface area (Å²) in [6, 6.07) is 0. The average Bonchev–Trinajstić information content (AvgIpc) is 3.25. The predicted molar refractivity (Wildman–Crippen MR) is 270 cm³/mol. The topological polar surface area (TPSA) is 108 Å². The number of esters is 2. The van der Waals surface area contributed by atoms with Crippen LogP contribution in [-0.2, 0) is 32.7 Å². The molecule has 0 fully saturated rings. The van der Waals surface area contributed by atoms with Crippen molar-refractivity contribution in [2.24, 2.45) is 0 Å². The normalized spacial score (nSPS) is 13.8. The van der Waals surface area contributed by atoms with E-state index in [0.717, 1.165) is 57.8 Å². The van der Waals surface area contributed by atoms with Crippen LogP contribution in [0.2, 0.25) is 0 Å². The third-order valence-electron chi connectivity index (χ3n) is 11.4. The summed E-state index contributed by atoms with van der Waals surface area (Å²) in [7, 11) is 1.48. The lowest BCUT2D eigenvalue weighted by Gasteiger charge is -2.24. The Hall–Kier alpha value is -2.03. The molecule has 0 bridgehead atoms. The fourth-order valence-corrected chi connectivity index (χ4v) is 8.04. The van der Waals surface area contributed by atoms with Crippen molar-refractivity contribution >= 4 is 19.8 Å².